The molecule has 0 amide bonds. The summed E-state index contributed by atoms with van der Waals surface area (Å²) in [6.07, 6.45) is 15.6. The molecule has 0 spiro atoms. The van der Waals surface area contributed by atoms with Crippen LogP contribution in [-0.4, -0.2) is 5.43 Å². The largest absolute Gasteiger partial charge is 1.00 e. The number of hydrogen-bond donors (Lipinski definition) is 0. The molecule has 8 rings (SSSR count). The molecular formula is C66H80Cl2SiZr-2. The number of benzene rings is 6. The zero-order valence-corrected chi connectivity index (χ0v) is 49.8. The second-order valence-electron chi connectivity index (χ2n) is 20.5. The Bertz CT molecular complexity index is 2500. The topological polar surface area (TPSA) is 0 Å². The van der Waals surface area contributed by atoms with Crippen LogP contribution in [0.5, 0.6) is 0 Å². The molecule has 0 saturated carbocycles. The van der Waals surface area contributed by atoms with Crippen molar-refractivity contribution in [2.75, 3.05) is 0 Å². The van der Waals surface area contributed by atoms with Crippen molar-refractivity contribution in [1.29, 1.82) is 0 Å². The quantitative estimate of drug-likeness (QED) is 0.0514. The molecule has 4 heteroatoms. The summed E-state index contributed by atoms with van der Waals surface area (Å²) in [7, 11) is 0. The van der Waals surface area contributed by atoms with Gasteiger partial charge in [0.2, 0.25) is 0 Å². The van der Waals surface area contributed by atoms with E-state index in [0.717, 1.165) is 0 Å². The van der Waals surface area contributed by atoms with E-state index in [1.165, 1.54) is 199 Å². The number of halogens is 2. The second kappa shape index (κ2) is 28.5. The predicted molar refractivity (Wildman–Crippen MR) is 301 cm³/mol. The van der Waals surface area contributed by atoms with Crippen molar-refractivity contribution in [3.05, 3.63) is 177 Å². The summed E-state index contributed by atoms with van der Waals surface area (Å²) in [5.74, 6) is 0. The molecule has 0 aliphatic carbocycles. The third-order valence-electron chi connectivity index (χ3n) is 13.2. The Morgan fingerprint density at radius 3 is 0.871 bits per heavy atom. The summed E-state index contributed by atoms with van der Waals surface area (Å²) >= 11 is 1.74. The average molecular weight is 1060 g/mol. The molecule has 0 radical (unpaired) electrons. The summed E-state index contributed by atoms with van der Waals surface area (Å²) in [5, 5.41) is 5.59. The SMILES string of the molecule is CCCCCCCc1cc2c(-c3cc(C)cc(C)c3)ccc(-c3cc(C)cc(C)c3)c2[cH-]1.CCCCCCCc1cc2c(-c3cc(C)cc(C)c3)ccc(-c3cc(C)cc(C)c3)c2[cH-]1.C[Si](C)=[Zr+2].[Cl-].[Cl-]. The van der Waals surface area contributed by atoms with Gasteiger partial charge in [0.1, 0.15) is 0 Å². The fourth-order valence-corrected chi connectivity index (χ4v) is 10.4. The Labute approximate surface area is 452 Å². The van der Waals surface area contributed by atoms with Gasteiger partial charge in [-0.05, 0) is 79.4 Å². The third-order valence-corrected chi connectivity index (χ3v) is 13.2. The van der Waals surface area contributed by atoms with E-state index in [1.54, 1.807) is 23.3 Å². The van der Waals surface area contributed by atoms with Crippen molar-refractivity contribution in [1.82, 2.24) is 0 Å². The molecule has 0 unspecified atom stereocenters. The Balaban J connectivity index is 0.000000276. The second-order valence-corrected chi connectivity index (χ2v) is 29.9. The molecule has 0 aromatic heterocycles. The standard InChI is InChI=1S/2C32H37.C2H6Si.2ClH.Zr/c2*1-6-7-8-9-10-11-26-20-31-29(27-16-22(2)14-23(3)17-27)12-13-30(32(31)21-26)28-18-24(4)15-25(5)19-28;1-3-2;;;/h2*12-21H,6-11H2,1-5H3;1-2H3;2*1H;/q2*-1;;;;+2/p-2. The maximum absolute atomic E-state index is 2.47. The van der Waals surface area contributed by atoms with Crippen LogP contribution >= 0.6 is 0 Å². The number of hydrogen-bond acceptors (Lipinski definition) is 0. The van der Waals surface area contributed by atoms with Crippen molar-refractivity contribution in [3.63, 3.8) is 0 Å². The fourth-order valence-electron chi connectivity index (χ4n) is 10.4. The van der Waals surface area contributed by atoms with Crippen LogP contribution in [0.15, 0.2) is 121 Å². The Kier molecular flexibility index (Phi) is 23.9. The minimum absolute atomic E-state index is 0. The fraction of sp³-hybridized carbons (Fsp3) is 0.364. The maximum atomic E-state index is 2.47. The van der Waals surface area contributed by atoms with E-state index in [4.69, 9.17) is 0 Å². The predicted octanol–water partition coefficient (Wildman–Crippen LogP) is 14.1. The molecule has 0 nitrogen and oxygen atoms in total. The zero-order valence-electron chi connectivity index (χ0n) is 44.8. The number of fused-ring (bicyclic) bond motifs is 2. The van der Waals surface area contributed by atoms with Crippen LogP contribution in [-0.2, 0) is 36.2 Å². The summed E-state index contributed by atoms with van der Waals surface area (Å²) < 4.78 is 0. The first-order chi connectivity index (χ1) is 32.6. The minimum Gasteiger partial charge on any atom is -1.00 e. The van der Waals surface area contributed by atoms with Crippen LogP contribution in [0.4, 0.5) is 0 Å². The van der Waals surface area contributed by atoms with E-state index in [2.05, 4.69) is 204 Å². The number of unbranched alkanes of at least 4 members (excludes halogenated alkanes) is 8. The van der Waals surface area contributed by atoms with Crippen molar-refractivity contribution >= 4 is 27.0 Å². The maximum Gasteiger partial charge on any atom is -1.00 e. The van der Waals surface area contributed by atoms with Crippen molar-refractivity contribution in [3.8, 4) is 44.5 Å². The smallest absolute Gasteiger partial charge is 1.00 e. The van der Waals surface area contributed by atoms with E-state index in [1.807, 2.05) is 0 Å². The van der Waals surface area contributed by atoms with Crippen LogP contribution in [0.1, 0.15) is 134 Å². The Hall–Kier alpha value is -3.78. The third kappa shape index (κ3) is 16.6. The molecule has 0 fully saturated rings. The molecule has 8 aromatic carbocycles. The van der Waals surface area contributed by atoms with Crippen LogP contribution < -0.4 is 24.8 Å². The van der Waals surface area contributed by atoms with Gasteiger partial charge in [-0.25, -0.2) is 0 Å². The number of rotatable bonds is 16. The monoisotopic (exact) mass is 1060 g/mol. The zero-order chi connectivity index (χ0) is 48.9. The van der Waals surface area contributed by atoms with Gasteiger partial charge in [-0.15, -0.1) is 44.8 Å². The molecule has 0 atom stereocenters. The average Bonchev–Trinajstić information content (AvgIpc) is 3.89. The first-order valence-electron chi connectivity index (χ1n) is 25.9. The van der Waals surface area contributed by atoms with Crippen LogP contribution in [0.2, 0.25) is 13.1 Å². The van der Waals surface area contributed by atoms with Crippen LogP contribution in [0.3, 0.4) is 0 Å². The van der Waals surface area contributed by atoms with Gasteiger partial charge in [0.05, 0.1) is 0 Å². The summed E-state index contributed by atoms with van der Waals surface area (Å²) in [6, 6.07) is 46.9. The van der Waals surface area contributed by atoms with Crippen molar-refractivity contribution < 1.29 is 48.1 Å². The molecule has 0 aliphatic rings. The van der Waals surface area contributed by atoms with Crippen molar-refractivity contribution in [2.24, 2.45) is 0 Å². The van der Waals surface area contributed by atoms with E-state index < -0.39 is 0 Å². The molecule has 0 N–H and O–H groups in total. The van der Waals surface area contributed by atoms with Gasteiger partial charge in [0.15, 0.2) is 0 Å². The van der Waals surface area contributed by atoms with Gasteiger partial charge < -0.3 is 24.8 Å². The minimum atomic E-state index is 0. The molecule has 368 valence electrons. The summed E-state index contributed by atoms with van der Waals surface area (Å²) in [6.45, 7) is 26.8. The first-order valence-corrected chi connectivity index (χ1v) is 32.1. The molecular weight excluding hydrogens is 983 g/mol. The van der Waals surface area contributed by atoms with Gasteiger partial charge >= 0.3 is 41.9 Å². The summed E-state index contributed by atoms with van der Waals surface area (Å²) in [5.41, 5.74) is 24.6. The van der Waals surface area contributed by atoms with E-state index in [-0.39, 0.29) is 30.2 Å². The van der Waals surface area contributed by atoms with Crippen molar-refractivity contribution in [2.45, 2.75) is 159 Å². The Morgan fingerprint density at radius 1 is 0.357 bits per heavy atom. The van der Waals surface area contributed by atoms with Crippen LogP contribution in [0, 0.1) is 55.4 Å². The van der Waals surface area contributed by atoms with E-state index >= 15 is 0 Å². The van der Waals surface area contributed by atoms with Gasteiger partial charge in [-0.1, -0.05) is 253 Å². The molecule has 0 aliphatic heterocycles. The van der Waals surface area contributed by atoms with Gasteiger partial charge in [0.25, 0.3) is 0 Å². The van der Waals surface area contributed by atoms with Crippen LogP contribution in [0.25, 0.3) is 66.1 Å². The molecule has 0 bridgehead atoms. The Morgan fingerprint density at radius 2 is 0.600 bits per heavy atom. The molecule has 0 heterocycles. The normalized spacial score (nSPS) is 10.8. The number of aryl methyl sites for hydroxylation is 10. The van der Waals surface area contributed by atoms with Gasteiger partial charge in [-0.3, -0.25) is 0 Å². The van der Waals surface area contributed by atoms with Gasteiger partial charge in [0, 0.05) is 0 Å². The first kappa shape index (κ1) is 58.8. The van der Waals surface area contributed by atoms with E-state index in [0.29, 0.717) is 0 Å². The van der Waals surface area contributed by atoms with Gasteiger partial charge in [-0.2, -0.15) is 12.1 Å². The van der Waals surface area contributed by atoms with E-state index in [9.17, 15) is 0 Å². The molecule has 0 saturated heterocycles. The molecule has 70 heavy (non-hydrogen) atoms. The summed E-state index contributed by atoms with van der Waals surface area (Å²) in [4.78, 5) is 0. The molecule has 8 aromatic rings.